The van der Waals surface area contributed by atoms with Crippen LogP contribution in [0, 0.1) is 13.0 Å². The predicted octanol–water partition coefficient (Wildman–Crippen LogP) is -5.75. The molecule has 0 aliphatic heterocycles. The first-order chi connectivity index (χ1) is 6.59. The number of halogens is 3. The Hall–Kier alpha value is 1.02. The third-order valence-electron chi connectivity index (χ3n) is 2.17. The van der Waals surface area contributed by atoms with Crippen molar-refractivity contribution < 1.29 is 58.9 Å². The number of rotatable bonds is 3. The molecule has 0 bridgehead atoms. The Bertz CT molecular complexity index is 177. The summed E-state index contributed by atoms with van der Waals surface area (Å²) in [4.78, 5) is 2.35. The normalized spacial score (nSPS) is 10.9. The molecular formula is C13H23Cl3NTi-2. The van der Waals surface area contributed by atoms with Crippen molar-refractivity contribution in [2.75, 3.05) is 6.54 Å². The second-order valence-corrected chi connectivity index (χ2v) is 3.93. The van der Waals surface area contributed by atoms with Crippen molar-refractivity contribution in [2.24, 2.45) is 0 Å². The number of nitrogens with zero attached hydrogens (tertiary/aromatic N) is 1. The van der Waals surface area contributed by atoms with Gasteiger partial charge in [-0.1, -0.05) is 0 Å². The van der Waals surface area contributed by atoms with Crippen molar-refractivity contribution in [1.82, 2.24) is 4.90 Å². The van der Waals surface area contributed by atoms with E-state index in [4.69, 9.17) is 0 Å². The van der Waals surface area contributed by atoms with E-state index in [2.05, 4.69) is 51.7 Å². The van der Waals surface area contributed by atoms with Gasteiger partial charge in [0.05, 0.1) is 0 Å². The standard InChI is InChI=1S/C8H18N.C5H5.3ClH.Ti/c1-6-9(7(2)3)8(4)5;1-2-4-5-3-1;;;;/h7-8H,1,6H2,2-5H3;1-3H,4H2;3*1H;/q2*-1;;;;+3/p-3. The molecule has 0 unspecified atom stereocenters. The second-order valence-electron chi connectivity index (χ2n) is 3.93. The molecule has 0 aromatic rings. The molecule has 0 N–H and O–H groups in total. The largest absolute Gasteiger partial charge is 3.00 e. The first-order valence-corrected chi connectivity index (χ1v) is 5.36. The van der Waals surface area contributed by atoms with E-state index < -0.39 is 0 Å². The molecule has 1 aliphatic rings. The zero-order chi connectivity index (χ0) is 11.0. The minimum absolute atomic E-state index is 0. The second kappa shape index (κ2) is 20.3. The number of hydrogen-bond acceptors (Lipinski definition) is 1. The van der Waals surface area contributed by atoms with Crippen LogP contribution in [0.25, 0.3) is 0 Å². The molecular weight excluding hydrogens is 324 g/mol. The van der Waals surface area contributed by atoms with Crippen LogP contribution in [-0.4, -0.2) is 23.5 Å². The Morgan fingerprint density at radius 1 is 1.11 bits per heavy atom. The quantitative estimate of drug-likeness (QED) is 0.363. The van der Waals surface area contributed by atoms with Crippen LogP contribution in [-0.2, 0) is 21.7 Å². The summed E-state index contributed by atoms with van der Waals surface area (Å²) in [6.07, 6.45) is 10.0. The molecule has 5 heteroatoms. The number of allylic oxidation sites excluding steroid dienone is 4. The monoisotopic (exact) mass is 346 g/mol. The third-order valence-corrected chi connectivity index (χ3v) is 2.17. The molecule has 0 saturated carbocycles. The van der Waals surface area contributed by atoms with Gasteiger partial charge < -0.3 is 49.0 Å². The SMILES string of the molecule is [C-]1=CC=CC1.[CH2-]CN(C(C)C)C(C)C.[Cl-].[Cl-].[Cl-].[Ti+3]. The van der Waals surface area contributed by atoms with Gasteiger partial charge in [-0.25, -0.2) is 12.2 Å². The van der Waals surface area contributed by atoms with E-state index in [9.17, 15) is 0 Å². The van der Waals surface area contributed by atoms with Gasteiger partial charge in [0, 0.05) is 12.1 Å². The zero-order valence-electron chi connectivity index (χ0n) is 11.6. The van der Waals surface area contributed by atoms with Crippen LogP contribution in [0.2, 0.25) is 0 Å². The Kier molecular flexibility index (Phi) is 35.5. The smallest absolute Gasteiger partial charge is 1.00 e. The molecule has 1 rings (SSSR count). The van der Waals surface area contributed by atoms with Gasteiger partial charge >= 0.3 is 21.7 Å². The summed E-state index contributed by atoms with van der Waals surface area (Å²) in [6.45, 7) is 13.6. The topological polar surface area (TPSA) is 3.24 Å². The van der Waals surface area contributed by atoms with Crippen molar-refractivity contribution in [2.45, 2.75) is 46.2 Å². The Balaban J connectivity index is -0.0000000552. The van der Waals surface area contributed by atoms with Gasteiger partial charge in [-0.05, 0) is 27.7 Å². The van der Waals surface area contributed by atoms with Crippen molar-refractivity contribution in [3.63, 3.8) is 0 Å². The van der Waals surface area contributed by atoms with Crippen LogP contribution in [0.15, 0.2) is 18.2 Å². The minimum atomic E-state index is 0. The molecule has 18 heavy (non-hydrogen) atoms. The van der Waals surface area contributed by atoms with Gasteiger partial charge in [0.1, 0.15) is 0 Å². The summed E-state index contributed by atoms with van der Waals surface area (Å²) in [5.74, 6) is 0. The van der Waals surface area contributed by atoms with Gasteiger partial charge in [-0.15, -0.1) is 13.0 Å². The van der Waals surface area contributed by atoms with E-state index in [1.165, 1.54) is 0 Å². The van der Waals surface area contributed by atoms with Gasteiger partial charge in [0.15, 0.2) is 0 Å². The zero-order valence-corrected chi connectivity index (χ0v) is 15.4. The average Bonchev–Trinajstić information content (AvgIpc) is 2.59. The van der Waals surface area contributed by atoms with Gasteiger partial charge in [0.25, 0.3) is 0 Å². The van der Waals surface area contributed by atoms with E-state index in [-0.39, 0.29) is 58.9 Å². The molecule has 107 valence electrons. The third kappa shape index (κ3) is 17.0. The molecule has 0 aromatic carbocycles. The van der Waals surface area contributed by atoms with E-state index in [1.54, 1.807) is 0 Å². The maximum atomic E-state index is 3.85. The summed E-state index contributed by atoms with van der Waals surface area (Å²) in [7, 11) is 0. The Morgan fingerprint density at radius 3 is 1.61 bits per heavy atom. The van der Waals surface area contributed by atoms with Crippen molar-refractivity contribution in [3.8, 4) is 0 Å². The average molecular weight is 348 g/mol. The molecule has 1 aliphatic carbocycles. The molecule has 0 atom stereocenters. The molecule has 0 saturated heterocycles. The van der Waals surface area contributed by atoms with Crippen molar-refractivity contribution in [3.05, 3.63) is 31.2 Å². The summed E-state index contributed by atoms with van der Waals surface area (Å²) in [5.41, 5.74) is 0. The van der Waals surface area contributed by atoms with E-state index in [0.717, 1.165) is 13.0 Å². The molecule has 0 amide bonds. The van der Waals surface area contributed by atoms with Gasteiger partial charge in [0.2, 0.25) is 0 Å². The maximum Gasteiger partial charge on any atom is 3.00 e. The molecule has 0 heterocycles. The van der Waals surface area contributed by atoms with Crippen LogP contribution in [0.1, 0.15) is 34.1 Å². The van der Waals surface area contributed by atoms with Crippen LogP contribution in [0.3, 0.4) is 0 Å². The van der Waals surface area contributed by atoms with Crippen LogP contribution < -0.4 is 37.2 Å². The van der Waals surface area contributed by atoms with E-state index in [1.807, 2.05) is 12.2 Å². The summed E-state index contributed by atoms with van der Waals surface area (Å²) < 4.78 is 0. The number of hydrogen-bond donors (Lipinski definition) is 0. The fourth-order valence-corrected chi connectivity index (χ4v) is 1.45. The molecule has 1 radical (unpaired) electrons. The first kappa shape index (κ1) is 31.4. The van der Waals surface area contributed by atoms with Crippen LogP contribution in [0.4, 0.5) is 0 Å². The van der Waals surface area contributed by atoms with Crippen molar-refractivity contribution >= 4 is 0 Å². The minimum Gasteiger partial charge on any atom is -1.00 e. The molecule has 0 aromatic heterocycles. The summed E-state index contributed by atoms with van der Waals surface area (Å²) >= 11 is 0. The Labute approximate surface area is 147 Å². The van der Waals surface area contributed by atoms with Crippen LogP contribution >= 0.6 is 0 Å². The predicted molar refractivity (Wildman–Crippen MR) is 63.9 cm³/mol. The van der Waals surface area contributed by atoms with Crippen molar-refractivity contribution in [1.29, 1.82) is 0 Å². The van der Waals surface area contributed by atoms with E-state index >= 15 is 0 Å². The van der Waals surface area contributed by atoms with Gasteiger partial charge in [-0.3, -0.25) is 6.08 Å². The summed E-state index contributed by atoms with van der Waals surface area (Å²) in [5, 5.41) is 0. The fraction of sp³-hybridized carbons (Fsp3) is 0.615. The molecule has 0 fully saturated rings. The van der Waals surface area contributed by atoms with E-state index in [0.29, 0.717) is 12.1 Å². The Morgan fingerprint density at radius 2 is 1.56 bits per heavy atom. The molecule has 0 spiro atoms. The maximum absolute atomic E-state index is 3.85. The molecule has 1 nitrogen and oxygen atoms in total. The summed E-state index contributed by atoms with van der Waals surface area (Å²) in [6, 6.07) is 1.25. The van der Waals surface area contributed by atoms with Crippen LogP contribution in [0.5, 0.6) is 0 Å². The fourth-order valence-electron chi connectivity index (χ4n) is 1.45. The van der Waals surface area contributed by atoms with Gasteiger partial charge in [-0.2, -0.15) is 6.08 Å². The first-order valence-electron chi connectivity index (χ1n) is 5.36.